The fourth-order valence-electron chi connectivity index (χ4n) is 4.25. The van der Waals surface area contributed by atoms with Crippen LogP contribution >= 0.6 is 11.3 Å². The highest BCUT2D eigenvalue weighted by Crippen LogP contribution is 2.35. The Hall–Kier alpha value is -2.71. The summed E-state index contributed by atoms with van der Waals surface area (Å²) in [6.07, 6.45) is 4.22. The fraction of sp³-hybridized carbons (Fsp3) is 0.435. The molecule has 0 spiro atoms. The summed E-state index contributed by atoms with van der Waals surface area (Å²) in [5.74, 6) is -0.0500. The molecule has 8 heteroatoms. The van der Waals surface area contributed by atoms with Crippen molar-refractivity contribution < 1.29 is 14.3 Å². The van der Waals surface area contributed by atoms with E-state index < -0.39 is 0 Å². The van der Waals surface area contributed by atoms with Crippen LogP contribution in [0.4, 0.5) is 0 Å². The Morgan fingerprint density at radius 3 is 2.87 bits per heavy atom. The molecule has 1 aliphatic heterocycles. The average molecular weight is 441 g/mol. The van der Waals surface area contributed by atoms with Crippen molar-refractivity contribution in [3.8, 4) is 0 Å². The molecule has 0 aliphatic carbocycles. The molecule has 0 radical (unpaired) electrons. The summed E-state index contributed by atoms with van der Waals surface area (Å²) in [4.78, 5) is 28.9. The van der Waals surface area contributed by atoms with Crippen LogP contribution < -0.4 is 5.32 Å². The predicted molar refractivity (Wildman–Crippen MR) is 122 cm³/mol. The van der Waals surface area contributed by atoms with Crippen LogP contribution in [0.5, 0.6) is 0 Å². The van der Waals surface area contributed by atoms with Crippen LogP contribution in [0.25, 0.3) is 10.1 Å². The lowest BCUT2D eigenvalue weighted by molar-refractivity contribution is 0.0736. The number of carbonyl (C=O) groups is 2. The number of aromatic nitrogens is 2. The minimum atomic E-state index is -0.0766. The Bertz CT molecular complexity index is 1100. The summed E-state index contributed by atoms with van der Waals surface area (Å²) in [7, 11) is 3.46. The molecule has 2 aromatic heterocycles. The van der Waals surface area contributed by atoms with Crippen LogP contribution in [0, 0.1) is 6.92 Å². The van der Waals surface area contributed by atoms with E-state index in [1.54, 1.807) is 18.0 Å². The molecule has 0 saturated carbocycles. The lowest BCUT2D eigenvalue weighted by Crippen LogP contribution is -2.37. The van der Waals surface area contributed by atoms with Gasteiger partial charge in [0, 0.05) is 43.7 Å². The lowest BCUT2D eigenvalue weighted by atomic mass is 10.00. The summed E-state index contributed by atoms with van der Waals surface area (Å²) in [5.41, 5.74) is 2.56. The zero-order valence-electron chi connectivity index (χ0n) is 18.2. The number of carbonyl (C=O) groups excluding carboxylic acids is 2. The number of fused-ring (bicyclic) bond motifs is 1. The minimum Gasteiger partial charge on any atom is -0.383 e. The molecule has 1 atom stereocenters. The van der Waals surface area contributed by atoms with Gasteiger partial charge >= 0.3 is 0 Å². The maximum absolute atomic E-state index is 13.3. The highest BCUT2D eigenvalue weighted by Gasteiger charge is 2.33. The topological polar surface area (TPSA) is 76.5 Å². The summed E-state index contributed by atoms with van der Waals surface area (Å²) < 4.78 is 7.88. The summed E-state index contributed by atoms with van der Waals surface area (Å²) in [6, 6.07) is 8.18. The van der Waals surface area contributed by atoms with Gasteiger partial charge in [-0.1, -0.05) is 18.2 Å². The van der Waals surface area contributed by atoms with Crippen molar-refractivity contribution >= 4 is 33.2 Å². The monoisotopic (exact) mass is 440 g/mol. The quantitative estimate of drug-likeness (QED) is 0.573. The van der Waals surface area contributed by atoms with Crippen LogP contribution in [0.2, 0.25) is 0 Å². The second kappa shape index (κ2) is 9.20. The second-order valence-corrected chi connectivity index (χ2v) is 8.97. The standard InChI is InChI=1S/C23H28N4O3S/c1-15-19(14-25-26(15)2)23(29)27-11-6-7-16(27)13-18-17-8-4-5-9-20(17)31-21(18)22(28)24-10-12-30-3/h4-5,8-9,14,16H,6-7,10-13H2,1-3H3,(H,24,28). The third kappa shape index (κ3) is 4.22. The van der Waals surface area contributed by atoms with Gasteiger partial charge in [0.2, 0.25) is 0 Å². The summed E-state index contributed by atoms with van der Waals surface area (Å²) in [5, 5.41) is 8.28. The number of rotatable bonds is 7. The van der Waals surface area contributed by atoms with E-state index in [9.17, 15) is 9.59 Å². The van der Waals surface area contributed by atoms with Gasteiger partial charge in [0.15, 0.2) is 0 Å². The Balaban J connectivity index is 1.62. The fourth-order valence-corrected chi connectivity index (χ4v) is 5.40. The van der Waals surface area contributed by atoms with E-state index in [-0.39, 0.29) is 17.9 Å². The molecule has 3 aromatic rings. The molecule has 1 aliphatic rings. The molecule has 164 valence electrons. The number of likely N-dealkylation sites (tertiary alicyclic amines) is 1. The molecule has 0 bridgehead atoms. The van der Waals surface area contributed by atoms with Crippen molar-refractivity contribution in [1.29, 1.82) is 0 Å². The van der Waals surface area contributed by atoms with Crippen molar-refractivity contribution in [1.82, 2.24) is 20.0 Å². The lowest BCUT2D eigenvalue weighted by Gasteiger charge is -2.25. The first-order chi connectivity index (χ1) is 15.0. The van der Waals surface area contributed by atoms with Crippen LogP contribution in [0.15, 0.2) is 30.5 Å². The number of benzene rings is 1. The number of thiophene rings is 1. The number of nitrogens with one attached hydrogen (secondary N) is 1. The number of methoxy groups -OCH3 is 1. The zero-order valence-corrected chi connectivity index (χ0v) is 19.0. The summed E-state index contributed by atoms with van der Waals surface area (Å²) >= 11 is 1.52. The summed E-state index contributed by atoms with van der Waals surface area (Å²) in [6.45, 7) is 3.59. The molecule has 2 amide bonds. The predicted octanol–water partition coefficient (Wildman–Crippen LogP) is 3.17. The number of aryl methyl sites for hydroxylation is 1. The van der Waals surface area contributed by atoms with E-state index >= 15 is 0 Å². The molecular weight excluding hydrogens is 412 g/mol. The van der Waals surface area contributed by atoms with E-state index in [0.717, 1.165) is 45.6 Å². The van der Waals surface area contributed by atoms with Crippen LogP contribution in [0.1, 0.15) is 44.1 Å². The number of hydrogen-bond acceptors (Lipinski definition) is 5. The third-order valence-electron chi connectivity index (χ3n) is 6.04. The zero-order chi connectivity index (χ0) is 22.0. The molecule has 1 aromatic carbocycles. The van der Waals surface area contributed by atoms with Crippen molar-refractivity contribution in [3.05, 3.63) is 52.2 Å². The van der Waals surface area contributed by atoms with Gasteiger partial charge in [0.05, 0.1) is 23.2 Å². The van der Waals surface area contributed by atoms with Crippen molar-refractivity contribution in [3.63, 3.8) is 0 Å². The van der Waals surface area contributed by atoms with Gasteiger partial charge in [0.1, 0.15) is 0 Å². The van der Waals surface area contributed by atoms with E-state index in [2.05, 4.69) is 16.5 Å². The highest BCUT2D eigenvalue weighted by molar-refractivity contribution is 7.21. The molecule has 1 unspecified atom stereocenters. The maximum atomic E-state index is 13.3. The molecule has 31 heavy (non-hydrogen) atoms. The van der Waals surface area contributed by atoms with Gasteiger partial charge in [-0.2, -0.15) is 5.10 Å². The van der Waals surface area contributed by atoms with Crippen LogP contribution in [-0.2, 0) is 18.2 Å². The molecule has 4 rings (SSSR count). The third-order valence-corrected chi connectivity index (χ3v) is 7.25. The smallest absolute Gasteiger partial charge is 0.261 e. The SMILES string of the molecule is COCCNC(=O)c1sc2ccccc2c1CC1CCCN1C(=O)c1cnn(C)c1C. The maximum Gasteiger partial charge on any atom is 0.261 e. The molecule has 1 N–H and O–H groups in total. The van der Waals surface area contributed by atoms with Gasteiger partial charge in [0.25, 0.3) is 11.8 Å². The van der Waals surface area contributed by atoms with Gasteiger partial charge in [-0.25, -0.2) is 0 Å². The van der Waals surface area contributed by atoms with Gasteiger partial charge in [-0.3, -0.25) is 14.3 Å². The van der Waals surface area contributed by atoms with Gasteiger partial charge < -0.3 is 15.0 Å². The number of ether oxygens (including phenoxy) is 1. The Morgan fingerprint density at radius 1 is 1.32 bits per heavy atom. The molecule has 1 fully saturated rings. The Labute approximate surface area is 186 Å². The van der Waals surface area contributed by atoms with Crippen LogP contribution in [-0.4, -0.2) is 59.3 Å². The Kier molecular flexibility index (Phi) is 6.38. The number of hydrogen-bond donors (Lipinski definition) is 1. The van der Waals surface area contributed by atoms with Crippen molar-refractivity contribution in [2.24, 2.45) is 7.05 Å². The first-order valence-electron chi connectivity index (χ1n) is 10.6. The largest absolute Gasteiger partial charge is 0.383 e. The van der Waals surface area contributed by atoms with E-state index in [1.165, 1.54) is 11.3 Å². The molecule has 3 heterocycles. The van der Waals surface area contributed by atoms with Crippen molar-refractivity contribution in [2.75, 3.05) is 26.8 Å². The number of nitrogens with zero attached hydrogens (tertiary/aromatic N) is 3. The average Bonchev–Trinajstić information content (AvgIpc) is 3.47. The first kappa shape index (κ1) is 21.5. The van der Waals surface area contributed by atoms with Gasteiger partial charge in [-0.05, 0) is 43.2 Å². The number of amides is 2. The second-order valence-electron chi connectivity index (χ2n) is 7.92. The van der Waals surface area contributed by atoms with Crippen LogP contribution in [0.3, 0.4) is 0 Å². The Morgan fingerprint density at radius 2 is 2.13 bits per heavy atom. The van der Waals surface area contributed by atoms with E-state index in [0.29, 0.717) is 25.1 Å². The van der Waals surface area contributed by atoms with Crippen molar-refractivity contribution in [2.45, 2.75) is 32.2 Å². The minimum absolute atomic E-state index is 0.0266. The first-order valence-corrected chi connectivity index (χ1v) is 11.4. The normalized spacial score (nSPS) is 16.2. The molecular formula is C23H28N4O3S. The molecule has 1 saturated heterocycles. The van der Waals surface area contributed by atoms with Gasteiger partial charge in [-0.15, -0.1) is 11.3 Å². The van der Waals surface area contributed by atoms with E-state index in [1.807, 2.05) is 37.1 Å². The highest BCUT2D eigenvalue weighted by atomic mass is 32.1. The van der Waals surface area contributed by atoms with E-state index in [4.69, 9.17) is 4.74 Å². The molecule has 7 nitrogen and oxygen atoms in total.